The Labute approximate surface area is 112 Å². The van der Waals surface area contributed by atoms with Crippen LogP contribution in [0.3, 0.4) is 0 Å². The van der Waals surface area contributed by atoms with E-state index in [1.165, 1.54) is 34.6 Å². The molecule has 1 aliphatic heterocycles. The van der Waals surface area contributed by atoms with Crippen LogP contribution in [0.1, 0.15) is 43.2 Å². The van der Waals surface area contributed by atoms with Crippen molar-refractivity contribution in [2.24, 2.45) is 4.99 Å². The molecule has 1 aliphatic carbocycles. The fraction of sp³-hybridized carbons (Fsp3) is 0.533. The Morgan fingerprint density at radius 1 is 1.22 bits per heavy atom. The summed E-state index contributed by atoms with van der Waals surface area (Å²) < 4.78 is 0. The number of isocyanates is 1. The van der Waals surface area contributed by atoms with Crippen molar-refractivity contribution in [2.45, 2.75) is 49.0 Å². The Bertz CT molecular complexity index is 499. The number of hydrogen-bond donors (Lipinski definition) is 0. The van der Waals surface area contributed by atoms with Gasteiger partial charge in [-0.15, -0.1) is 11.8 Å². The molecular formula is C15H17NOS. The van der Waals surface area contributed by atoms with Crippen LogP contribution in [0.15, 0.2) is 28.1 Å². The third kappa shape index (κ3) is 2.02. The molecule has 1 heterocycles. The molecule has 2 aliphatic rings. The SMILES string of the molecule is O=C=NC1(c2ccc3c(c2)SCCC3)CCCC1. The van der Waals surface area contributed by atoms with Crippen molar-refractivity contribution in [3.8, 4) is 0 Å². The summed E-state index contributed by atoms with van der Waals surface area (Å²) in [6, 6.07) is 6.68. The van der Waals surface area contributed by atoms with Gasteiger partial charge in [0.15, 0.2) is 0 Å². The third-order valence-electron chi connectivity index (χ3n) is 4.14. The number of carbonyl (C=O) groups excluding carboxylic acids is 1. The minimum absolute atomic E-state index is 0.269. The van der Waals surface area contributed by atoms with Crippen molar-refractivity contribution in [1.82, 2.24) is 0 Å². The molecule has 1 aromatic rings. The van der Waals surface area contributed by atoms with Gasteiger partial charge in [-0.3, -0.25) is 0 Å². The maximum absolute atomic E-state index is 10.7. The molecule has 94 valence electrons. The van der Waals surface area contributed by atoms with E-state index in [0.29, 0.717) is 0 Å². The maximum Gasteiger partial charge on any atom is 0.235 e. The smallest absolute Gasteiger partial charge is 0.211 e. The molecule has 2 nitrogen and oxygen atoms in total. The number of fused-ring (bicyclic) bond motifs is 1. The van der Waals surface area contributed by atoms with Gasteiger partial charge in [-0.2, -0.15) is 4.99 Å². The molecule has 3 heteroatoms. The molecular weight excluding hydrogens is 242 g/mol. The first kappa shape index (κ1) is 12.0. The minimum Gasteiger partial charge on any atom is -0.211 e. The first-order valence-electron chi connectivity index (χ1n) is 6.69. The molecule has 0 bridgehead atoms. The van der Waals surface area contributed by atoms with Gasteiger partial charge >= 0.3 is 0 Å². The van der Waals surface area contributed by atoms with Crippen LogP contribution >= 0.6 is 11.8 Å². The van der Waals surface area contributed by atoms with E-state index in [4.69, 9.17) is 0 Å². The first-order valence-corrected chi connectivity index (χ1v) is 7.68. The zero-order valence-corrected chi connectivity index (χ0v) is 11.3. The number of rotatable bonds is 2. The van der Waals surface area contributed by atoms with Crippen molar-refractivity contribution in [3.05, 3.63) is 29.3 Å². The minimum atomic E-state index is -0.269. The van der Waals surface area contributed by atoms with E-state index in [1.54, 1.807) is 6.08 Å². The van der Waals surface area contributed by atoms with Crippen LogP contribution in [0.4, 0.5) is 0 Å². The van der Waals surface area contributed by atoms with E-state index < -0.39 is 0 Å². The zero-order chi connectivity index (χ0) is 12.4. The van der Waals surface area contributed by atoms with Gasteiger partial charge in [-0.1, -0.05) is 25.0 Å². The number of aryl methyl sites for hydroxylation is 1. The molecule has 0 atom stereocenters. The maximum atomic E-state index is 10.7. The number of aliphatic imine (C=N–C) groups is 1. The average molecular weight is 259 g/mol. The lowest BCUT2D eigenvalue weighted by Crippen LogP contribution is -2.19. The van der Waals surface area contributed by atoms with E-state index in [9.17, 15) is 4.79 Å². The number of benzene rings is 1. The average Bonchev–Trinajstić information content (AvgIpc) is 2.88. The van der Waals surface area contributed by atoms with Gasteiger partial charge in [-0.25, -0.2) is 4.79 Å². The lowest BCUT2D eigenvalue weighted by molar-refractivity contribution is 0.455. The summed E-state index contributed by atoms with van der Waals surface area (Å²) in [5.41, 5.74) is 2.41. The Balaban J connectivity index is 2.02. The van der Waals surface area contributed by atoms with Crippen LogP contribution in [-0.4, -0.2) is 11.8 Å². The molecule has 1 fully saturated rings. The number of hydrogen-bond acceptors (Lipinski definition) is 3. The van der Waals surface area contributed by atoms with Crippen molar-refractivity contribution in [1.29, 1.82) is 0 Å². The van der Waals surface area contributed by atoms with Gasteiger partial charge in [0, 0.05) is 4.90 Å². The molecule has 1 aromatic carbocycles. The molecule has 0 N–H and O–H groups in total. The Hall–Kier alpha value is -1.05. The molecule has 0 amide bonds. The summed E-state index contributed by atoms with van der Waals surface area (Å²) >= 11 is 1.94. The topological polar surface area (TPSA) is 29.4 Å². The van der Waals surface area contributed by atoms with Gasteiger partial charge < -0.3 is 0 Å². The summed E-state index contributed by atoms with van der Waals surface area (Å²) in [5, 5.41) is 0. The lowest BCUT2D eigenvalue weighted by atomic mass is 9.88. The van der Waals surface area contributed by atoms with Crippen LogP contribution in [0.5, 0.6) is 0 Å². The Morgan fingerprint density at radius 2 is 2.06 bits per heavy atom. The molecule has 0 spiro atoms. The molecule has 3 rings (SSSR count). The normalized spacial score (nSPS) is 21.1. The second kappa shape index (κ2) is 4.91. The lowest BCUT2D eigenvalue weighted by Gasteiger charge is -2.25. The first-order chi connectivity index (χ1) is 8.84. The van der Waals surface area contributed by atoms with Gasteiger partial charge in [0.25, 0.3) is 0 Å². The predicted molar refractivity (Wildman–Crippen MR) is 73.8 cm³/mol. The van der Waals surface area contributed by atoms with E-state index in [-0.39, 0.29) is 5.54 Å². The highest BCUT2D eigenvalue weighted by Gasteiger charge is 2.36. The van der Waals surface area contributed by atoms with Gasteiger partial charge in [0.2, 0.25) is 6.08 Å². The van der Waals surface area contributed by atoms with Crippen molar-refractivity contribution < 1.29 is 4.79 Å². The van der Waals surface area contributed by atoms with E-state index >= 15 is 0 Å². The predicted octanol–water partition coefficient (Wildman–Crippen LogP) is 3.83. The number of nitrogens with zero attached hydrogens (tertiary/aromatic N) is 1. The van der Waals surface area contributed by atoms with Crippen LogP contribution in [0, 0.1) is 0 Å². The highest BCUT2D eigenvalue weighted by molar-refractivity contribution is 7.99. The van der Waals surface area contributed by atoms with Gasteiger partial charge in [-0.05, 0) is 48.6 Å². The Morgan fingerprint density at radius 3 is 2.83 bits per heavy atom. The van der Waals surface area contributed by atoms with Crippen LogP contribution < -0.4 is 0 Å². The van der Waals surface area contributed by atoms with Crippen LogP contribution in [-0.2, 0) is 16.8 Å². The van der Waals surface area contributed by atoms with Gasteiger partial charge in [0.05, 0.1) is 5.54 Å². The van der Waals surface area contributed by atoms with Crippen molar-refractivity contribution in [3.63, 3.8) is 0 Å². The highest BCUT2D eigenvalue weighted by Crippen LogP contribution is 2.44. The largest absolute Gasteiger partial charge is 0.235 e. The number of thioether (sulfide) groups is 1. The van der Waals surface area contributed by atoms with Gasteiger partial charge in [0.1, 0.15) is 0 Å². The molecule has 18 heavy (non-hydrogen) atoms. The van der Waals surface area contributed by atoms with Crippen LogP contribution in [0.2, 0.25) is 0 Å². The Kier molecular flexibility index (Phi) is 3.27. The molecule has 0 unspecified atom stereocenters. The summed E-state index contributed by atoms with van der Waals surface area (Å²) in [7, 11) is 0. The second-order valence-electron chi connectivity index (χ2n) is 5.22. The molecule has 1 saturated carbocycles. The van der Waals surface area contributed by atoms with Crippen molar-refractivity contribution in [2.75, 3.05) is 5.75 Å². The highest BCUT2D eigenvalue weighted by atomic mass is 32.2. The summed E-state index contributed by atoms with van der Waals surface area (Å²) in [5.74, 6) is 1.21. The molecule has 0 saturated heterocycles. The fourth-order valence-electron chi connectivity index (χ4n) is 3.14. The standard InChI is InChI=1S/C15H17NOS/c17-11-16-15(7-1-2-8-15)13-6-5-12-4-3-9-18-14(12)10-13/h5-6,10H,1-4,7-9H2. The molecule has 0 aromatic heterocycles. The summed E-state index contributed by atoms with van der Waals surface area (Å²) in [6.07, 6.45) is 8.56. The van der Waals surface area contributed by atoms with Crippen LogP contribution in [0.25, 0.3) is 0 Å². The quantitative estimate of drug-likeness (QED) is 0.596. The summed E-state index contributed by atoms with van der Waals surface area (Å²) in [6.45, 7) is 0. The van der Waals surface area contributed by atoms with Crippen molar-refractivity contribution >= 4 is 17.8 Å². The molecule has 0 radical (unpaired) electrons. The fourth-order valence-corrected chi connectivity index (χ4v) is 4.22. The monoisotopic (exact) mass is 259 g/mol. The second-order valence-corrected chi connectivity index (χ2v) is 6.35. The third-order valence-corrected chi connectivity index (χ3v) is 5.33. The summed E-state index contributed by atoms with van der Waals surface area (Å²) in [4.78, 5) is 16.3. The van der Waals surface area contributed by atoms with E-state index in [1.807, 2.05) is 11.8 Å². The van der Waals surface area contributed by atoms with E-state index in [0.717, 1.165) is 25.7 Å². The van der Waals surface area contributed by atoms with E-state index in [2.05, 4.69) is 23.2 Å². The zero-order valence-electron chi connectivity index (χ0n) is 10.4.